The van der Waals surface area contributed by atoms with E-state index in [1.54, 1.807) is 0 Å². The van der Waals surface area contributed by atoms with Gasteiger partial charge in [-0.25, -0.2) is 0 Å². The summed E-state index contributed by atoms with van der Waals surface area (Å²) in [7, 11) is 0. The molecule has 23 heavy (non-hydrogen) atoms. The molecule has 0 aromatic rings. The molecule has 0 aromatic carbocycles. The lowest BCUT2D eigenvalue weighted by Gasteiger charge is -2.28. The Hall–Kier alpha value is -1.06. The first kappa shape index (κ1) is 20.0. The van der Waals surface area contributed by atoms with Crippen LogP contribution in [0.3, 0.4) is 0 Å². The van der Waals surface area contributed by atoms with Crippen molar-refractivity contribution in [2.45, 2.75) is 91.1 Å². The van der Waals surface area contributed by atoms with E-state index in [2.05, 4.69) is 20.8 Å². The van der Waals surface area contributed by atoms with Gasteiger partial charge in [0, 0.05) is 0 Å². The minimum atomic E-state index is -0.778. The first-order valence-corrected chi connectivity index (χ1v) is 9.44. The summed E-state index contributed by atoms with van der Waals surface area (Å²) in [4.78, 5) is 23.5. The van der Waals surface area contributed by atoms with Gasteiger partial charge in [-0.05, 0) is 38.0 Å². The molecule has 1 fully saturated rings. The zero-order chi connectivity index (χ0) is 17.2. The second-order valence-corrected chi connectivity index (χ2v) is 7.02. The molecule has 1 rings (SSSR count). The van der Waals surface area contributed by atoms with Gasteiger partial charge >= 0.3 is 11.9 Å². The molecule has 0 radical (unpaired) electrons. The standard InChI is InChI=1S/C19H34O4/c1-4-7-9-14(5-2)12-17(6-3)23-19(22)16-11-8-10-15(13-16)18(20)21/h14-17H,4-13H2,1-3H3,(H,20,21). The topological polar surface area (TPSA) is 63.6 Å². The Morgan fingerprint density at radius 1 is 1.13 bits per heavy atom. The molecule has 0 aromatic heterocycles. The van der Waals surface area contributed by atoms with E-state index in [0.717, 1.165) is 32.1 Å². The lowest BCUT2D eigenvalue weighted by molar-refractivity contribution is -0.158. The second-order valence-electron chi connectivity index (χ2n) is 7.02. The summed E-state index contributed by atoms with van der Waals surface area (Å²) < 4.78 is 5.75. The molecular formula is C19H34O4. The molecule has 134 valence electrons. The van der Waals surface area contributed by atoms with E-state index >= 15 is 0 Å². The molecular weight excluding hydrogens is 292 g/mol. The van der Waals surface area contributed by atoms with Crippen LogP contribution in [0.25, 0.3) is 0 Å². The summed E-state index contributed by atoms with van der Waals surface area (Å²) in [6, 6.07) is 0. The fourth-order valence-corrected chi connectivity index (χ4v) is 3.54. The van der Waals surface area contributed by atoms with Crippen LogP contribution in [0.4, 0.5) is 0 Å². The van der Waals surface area contributed by atoms with Gasteiger partial charge in [-0.3, -0.25) is 9.59 Å². The minimum Gasteiger partial charge on any atom is -0.481 e. The number of carboxylic acids is 1. The van der Waals surface area contributed by atoms with Crippen molar-refractivity contribution in [2.24, 2.45) is 17.8 Å². The predicted molar refractivity (Wildman–Crippen MR) is 91.2 cm³/mol. The number of carboxylic acid groups (broad SMARTS) is 1. The Morgan fingerprint density at radius 2 is 1.83 bits per heavy atom. The van der Waals surface area contributed by atoms with Crippen LogP contribution in [0.2, 0.25) is 0 Å². The van der Waals surface area contributed by atoms with Crippen LogP contribution in [0.15, 0.2) is 0 Å². The van der Waals surface area contributed by atoms with Gasteiger partial charge in [0.25, 0.3) is 0 Å². The Balaban J connectivity index is 2.50. The molecule has 0 bridgehead atoms. The van der Waals surface area contributed by atoms with Crippen LogP contribution in [0, 0.1) is 17.8 Å². The van der Waals surface area contributed by atoms with Crippen LogP contribution in [-0.2, 0) is 14.3 Å². The molecule has 0 heterocycles. The van der Waals surface area contributed by atoms with Gasteiger partial charge in [0.1, 0.15) is 6.10 Å². The highest BCUT2D eigenvalue weighted by atomic mass is 16.5. The summed E-state index contributed by atoms with van der Waals surface area (Å²) in [6.07, 6.45) is 9.21. The quantitative estimate of drug-likeness (QED) is 0.585. The molecule has 4 heteroatoms. The summed E-state index contributed by atoms with van der Waals surface area (Å²) in [5.74, 6) is -0.942. The van der Waals surface area contributed by atoms with Crippen molar-refractivity contribution in [1.29, 1.82) is 0 Å². The third kappa shape index (κ3) is 6.92. The maximum absolute atomic E-state index is 12.4. The van der Waals surface area contributed by atoms with Crippen molar-refractivity contribution in [3.8, 4) is 0 Å². The molecule has 1 N–H and O–H groups in total. The monoisotopic (exact) mass is 326 g/mol. The van der Waals surface area contributed by atoms with E-state index in [1.807, 2.05) is 0 Å². The molecule has 4 unspecified atom stereocenters. The highest BCUT2D eigenvalue weighted by Crippen LogP contribution is 2.31. The number of carbonyl (C=O) groups excluding carboxylic acids is 1. The van der Waals surface area contributed by atoms with Crippen molar-refractivity contribution in [3.05, 3.63) is 0 Å². The van der Waals surface area contributed by atoms with Gasteiger partial charge in [-0.1, -0.05) is 52.9 Å². The average molecular weight is 326 g/mol. The van der Waals surface area contributed by atoms with E-state index in [1.165, 1.54) is 19.3 Å². The Labute approximate surface area is 141 Å². The lowest BCUT2D eigenvalue weighted by Crippen LogP contribution is -2.31. The molecule has 0 amide bonds. The average Bonchev–Trinajstić information content (AvgIpc) is 2.57. The molecule has 0 aliphatic heterocycles. The highest BCUT2D eigenvalue weighted by molar-refractivity contribution is 5.75. The summed E-state index contributed by atoms with van der Waals surface area (Å²) in [5.41, 5.74) is 0. The first-order chi connectivity index (χ1) is 11.0. The van der Waals surface area contributed by atoms with Crippen molar-refractivity contribution >= 4 is 11.9 Å². The summed E-state index contributed by atoms with van der Waals surface area (Å²) >= 11 is 0. The largest absolute Gasteiger partial charge is 0.481 e. The smallest absolute Gasteiger partial charge is 0.309 e. The van der Waals surface area contributed by atoms with Crippen molar-refractivity contribution < 1.29 is 19.4 Å². The Kier molecular flexibility index (Phi) is 9.27. The molecule has 1 saturated carbocycles. The third-order valence-electron chi connectivity index (χ3n) is 5.23. The zero-order valence-corrected chi connectivity index (χ0v) is 15.1. The number of ether oxygens (including phenoxy) is 1. The van der Waals surface area contributed by atoms with Crippen LogP contribution >= 0.6 is 0 Å². The fourth-order valence-electron chi connectivity index (χ4n) is 3.54. The Bertz CT molecular complexity index is 366. The highest BCUT2D eigenvalue weighted by Gasteiger charge is 2.33. The number of aliphatic carboxylic acids is 1. The first-order valence-electron chi connectivity index (χ1n) is 9.44. The maximum atomic E-state index is 12.4. The number of esters is 1. The fraction of sp³-hybridized carbons (Fsp3) is 0.895. The van der Waals surface area contributed by atoms with Gasteiger partial charge in [0.05, 0.1) is 11.8 Å². The van der Waals surface area contributed by atoms with Crippen molar-refractivity contribution in [3.63, 3.8) is 0 Å². The van der Waals surface area contributed by atoms with Crippen LogP contribution in [0.5, 0.6) is 0 Å². The van der Waals surface area contributed by atoms with Crippen LogP contribution < -0.4 is 0 Å². The number of hydrogen-bond donors (Lipinski definition) is 1. The summed E-state index contributed by atoms with van der Waals surface area (Å²) in [6.45, 7) is 6.46. The molecule has 0 spiro atoms. The van der Waals surface area contributed by atoms with Crippen LogP contribution in [-0.4, -0.2) is 23.1 Å². The van der Waals surface area contributed by atoms with E-state index in [4.69, 9.17) is 9.84 Å². The molecule has 1 aliphatic rings. The van der Waals surface area contributed by atoms with Crippen molar-refractivity contribution in [1.82, 2.24) is 0 Å². The number of carbonyl (C=O) groups is 2. The number of rotatable bonds is 10. The van der Waals surface area contributed by atoms with E-state index in [9.17, 15) is 9.59 Å². The second kappa shape index (κ2) is 10.7. The van der Waals surface area contributed by atoms with Crippen molar-refractivity contribution in [2.75, 3.05) is 0 Å². The van der Waals surface area contributed by atoms with Gasteiger partial charge < -0.3 is 9.84 Å². The number of unbranched alkanes of at least 4 members (excludes halogenated alkanes) is 1. The SMILES string of the molecule is CCCCC(CC)CC(CC)OC(=O)C1CCCC(C(=O)O)C1. The molecule has 0 saturated heterocycles. The molecule has 1 aliphatic carbocycles. The van der Waals surface area contributed by atoms with Gasteiger partial charge in [-0.2, -0.15) is 0 Å². The predicted octanol–water partition coefficient (Wildman–Crippen LogP) is 4.81. The zero-order valence-electron chi connectivity index (χ0n) is 15.1. The van der Waals surface area contributed by atoms with Gasteiger partial charge in [-0.15, -0.1) is 0 Å². The van der Waals surface area contributed by atoms with E-state index in [0.29, 0.717) is 18.8 Å². The van der Waals surface area contributed by atoms with Crippen LogP contribution in [0.1, 0.15) is 85.0 Å². The van der Waals surface area contributed by atoms with E-state index < -0.39 is 5.97 Å². The van der Waals surface area contributed by atoms with Gasteiger partial charge in [0.2, 0.25) is 0 Å². The molecule has 4 atom stereocenters. The minimum absolute atomic E-state index is 0.0190. The maximum Gasteiger partial charge on any atom is 0.309 e. The van der Waals surface area contributed by atoms with E-state index in [-0.39, 0.29) is 23.9 Å². The summed E-state index contributed by atoms with van der Waals surface area (Å²) in [5, 5.41) is 9.15. The normalized spacial score (nSPS) is 24.0. The molecule has 4 nitrogen and oxygen atoms in total. The Morgan fingerprint density at radius 3 is 2.39 bits per heavy atom. The van der Waals surface area contributed by atoms with Gasteiger partial charge in [0.15, 0.2) is 0 Å². The third-order valence-corrected chi connectivity index (χ3v) is 5.23. The lowest BCUT2D eigenvalue weighted by atomic mass is 9.81. The number of hydrogen-bond acceptors (Lipinski definition) is 3.